The maximum absolute atomic E-state index is 11.7. The van der Waals surface area contributed by atoms with E-state index in [1.54, 1.807) is 6.92 Å². The number of ether oxygens (including phenoxy) is 1. The number of carboxylic acid groups (broad SMARTS) is 1. The summed E-state index contributed by atoms with van der Waals surface area (Å²) in [7, 11) is 1.49. The zero-order valence-electron chi connectivity index (χ0n) is 10.8. The van der Waals surface area contributed by atoms with Crippen molar-refractivity contribution in [3.05, 3.63) is 16.1 Å². The molecule has 1 heterocycles. The molecular weight excluding hydrogens is 270 g/mol. The van der Waals surface area contributed by atoms with Crippen LogP contribution >= 0.6 is 11.3 Å². The predicted octanol–water partition coefficient (Wildman–Crippen LogP) is 0.382. The first-order chi connectivity index (χ1) is 8.97. The number of carbonyl (C=O) groups is 2. The summed E-state index contributed by atoms with van der Waals surface area (Å²) in [5.74, 6) is -1.29. The molecule has 7 nitrogen and oxygen atoms in total. The summed E-state index contributed by atoms with van der Waals surface area (Å²) < 4.78 is 5.02. The number of methoxy groups -OCH3 is 1. The molecule has 0 saturated carbocycles. The van der Waals surface area contributed by atoms with Gasteiger partial charge >= 0.3 is 5.97 Å². The van der Waals surface area contributed by atoms with Crippen molar-refractivity contribution < 1.29 is 19.4 Å². The number of carboxylic acids is 1. The third kappa shape index (κ3) is 4.58. The van der Waals surface area contributed by atoms with Crippen molar-refractivity contribution in [1.29, 1.82) is 0 Å². The molecular formula is C11H17N3O4S. The number of nitrogens with two attached hydrogens (primary N) is 1. The molecule has 0 aromatic carbocycles. The van der Waals surface area contributed by atoms with Crippen molar-refractivity contribution in [2.24, 2.45) is 5.73 Å². The van der Waals surface area contributed by atoms with Gasteiger partial charge in [-0.05, 0) is 6.92 Å². The van der Waals surface area contributed by atoms with Gasteiger partial charge in [0.05, 0.1) is 18.6 Å². The van der Waals surface area contributed by atoms with E-state index in [1.165, 1.54) is 23.8 Å². The largest absolute Gasteiger partial charge is 0.476 e. The summed E-state index contributed by atoms with van der Waals surface area (Å²) >= 11 is 1.20. The molecule has 1 aromatic heterocycles. The van der Waals surface area contributed by atoms with Gasteiger partial charge in [0, 0.05) is 19.0 Å². The minimum Gasteiger partial charge on any atom is -0.476 e. The molecule has 0 aliphatic heterocycles. The second kappa shape index (κ2) is 7.17. The minimum atomic E-state index is -1.08. The molecule has 0 fully saturated rings. The maximum Gasteiger partial charge on any atom is 0.355 e. The Balaban J connectivity index is 2.56. The van der Waals surface area contributed by atoms with Gasteiger partial charge < -0.3 is 20.9 Å². The van der Waals surface area contributed by atoms with E-state index in [-0.39, 0.29) is 36.7 Å². The van der Waals surface area contributed by atoms with Crippen LogP contribution in [-0.2, 0) is 9.53 Å². The van der Waals surface area contributed by atoms with Gasteiger partial charge in [-0.25, -0.2) is 9.78 Å². The number of nitrogens with one attached hydrogen (secondary N) is 1. The molecule has 1 amide bonds. The normalized spacial score (nSPS) is 13.8. The fraction of sp³-hybridized carbons (Fsp3) is 0.545. The molecule has 106 valence electrons. The maximum atomic E-state index is 11.7. The Kier molecular flexibility index (Phi) is 5.87. The highest BCUT2D eigenvalue weighted by atomic mass is 32.1. The Morgan fingerprint density at radius 3 is 2.79 bits per heavy atom. The lowest BCUT2D eigenvalue weighted by Gasteiger charge is -2.15. The first-order valence-corrected chi connectivity index (χ1v) is 6.56. The van der Waals surface area contributed by atoms with Gasteiger partial charge in [0.15, 0.2) is 5.69 Å². The van der Waals surface area contributed by atoms with Crippen LogP contribution in [-0.4, -0.2) is 41.7 Å². The van der Waals surface area contributed by atoms with Crippen LogP contribution in [0.25, 0.3) is 0 Å². The first kappa shape index (κ1) is 15.5. The highest BCUT2D eigenvalue weighted by Gasteiger charge is 2.18. The summed E-state index contributed by atoms with van der Waals surface area (Å²) in [6.07, 6.45) is -0.160. The van der Waals surface area contributed by atoms with Gasteiger partial charge in [-0.2, -0.15) is 0 Å². The average Bonchev–Trinajstić information content (AvgIpc) is 2.85. The van der Waals surface area contributed by atoms with Crippen molar-refractivity contribution in [2.45, 2.75) is 25.5 Å². The van der Waals surface area contributed by atoms with E-state index in [0.29, 0.717) is 5.01 Å². The quantitative estimate of drug-likeness (QED) is 0.668. The number of carbonyl (C=O) groups excluding carboxylic acids is 1. The zero-order chi connectivity index (χ0) is 14.4. The van der Waals surface area contributed by atoms with E-state index in [9.17, 15) is 9.59 Å². The lowest BCUT2D eigenvalue weighted by atomic mass is 10.2. The summed E-state index contributed by atoms with van der Waals surface area (Å²) in [5, 5.41) is 13.5. The number of hydrogen-bond acceptors (Lipinski definition) is 6. The van der Waals surface area contributed by atoms with Crippen molar-refractivity contribution in [3.8, 4) is 0 Å². The number of aromatic nitrogens is 1. The second-order valence-corrected chi connectivity index (χ2v) is 4.85. The highest BCUT2D eigenvalue weighted by Crippen LogP contribution is 2.18. The summed E-state index contributed by atoms with van der Waals surface area (Å²) in [6, 6.07) is -0.346. The van der Waals surface area contributed by atoms with Gasteiger partial charge in [-0.3, -0.25) is 4.79 Å². The van der Waals surface area contributed by atoms with Crippen LogP contribution in [0, 0.1) is 0 Å². The van der Waals surface area contributed by atoms with Crippen molar-refractivity contribution in [2.75, 3.05) is 13.7 Å². The fourth-order valence-corrected chi connectivity index (χ4v) is 2.22. The van der Waals surface area contributed by atoms with E-state index in [4.69, 9.17) is 15.6 Å². The number of amides is 1. The third-order valence-corrected chi connectivity index (χ3v) is 3.53. The smallest absolute Gasteiger partial charge is 0.355 e. The van der Waals surface area contributed by atoms with Crippen LogP contribution in [0.2, 0.25) is 0 Å². The van der Waals surface area contributed by atoms with Crippen LogP contribution in [0.4, 0.5) is 0 Å². The van der Waals surface area contributed by atoms with E-state index >= 15 is 0 Å². The fourth-order valence-electron chi connectivity index (χ4n) is 1.42. The molecule has 19 heavy (non-hydrogen) atoms. The Labute approximate surface area is 114 Å². The number of rotatable bonds is 7. The van der Waals surface area contributed by atoms with Crippen LogP contribution in [0.1, 0.15) is 34.9 Å². The van der Waals surface area contributed by atoms with E-state index < -0.39 is 5.97 Å². The summed E-state index contributed by atoms with van der Waals surface area (Å²) in [6.45, 7) is 2.01. The molecule has 2 atom stereocenters. The topological polar surface area (TPSA) is 115 Å². The molecule has 0 saturated heterocycles. The van der Waals surface area contributed by atoms with Gasteiger partial charge in [-0.15, -0.1) is 11.3 Å². The van der Waals surface area contributed by atoms with Crippen LogP contribution < -0.4 is 11.1 Å². The summed E-state index contributed by atoms with van der Waals surface area (Å²) in [5.41, 5.74) is 5.41. The Morgan fingerprint density at radius 2 is 2.32 bits per heavy atom. The van der Waals surface area contributed by atoms with Crippen LogP contribution in [0.15, 0.2) is 5.38 Å². The van der Waals surface area contributed by atoms with E-state index in [2.05, 4.69) is 10.3 Å². The third-order valence-electron chi connectivity index (χ3n) is 2.50. The van der Waals surface area contributed by atoms with Gasteiger partial charge in [0.1, 0.15) is 5.01 Å². The molecule has 0 spiro atoms. The van der Waals surface area contributed by atoms with E-state index in [1.807, 2.05) is 0 Å². The zero-order valence-corrected chi connectivity index (χ0v) is 11.6. The SMILES string of the molecule is COC(CN)CC(=O)NC(C)c1nc(C(=O)O)cs1. The first-order valence-electron chi connectivity index (χ1n) is 5.68. The van der Waals surface area contributed by atoms with Crippen molar-refractivity contribution >= 4 is 23.2 Å². The number of aromatic carboxylic acids is 1. The Bertz CT molecular complexity index is 445. The molecule has 1 rings (SSSR count). The Morgan fingerprint density at radius 1 is 1.63 bits per heavy atom. The van der Waals surface area contributed by atoms with Gasteiger partial charge in [0.2, 0.25) is 5.91 Å². The lowest BCUT2D eigenvalue weighted by molar-refractivity contribution is -0.124. The molecule has 0 radical (unpaired) electrons. The molecule has 8 heteroatoms. The van der Waals surface area contributed by atoms with Gasteiger partial charge in [-0.1, -0.05) is 0 Å². The summed E-state index contributed by atoms with van der Waals surface area (Å²) in [4.78, 5) is 26.3. The monoisotopic (exact) mass is 287 g/mol. The van der Waals surface area contributed by atoms with Crippen LogP contribution in [0.5, 0.6) is 0 Å². The molecule has 0 aliphatic carbocycles. The molecule has 0 aliphatic rings. The number of nitrogens with zero attached hydrogens (tertiary/aromatic N) is 1. The number of hydrogen-bond donors (Lipinski definition) is 3. The number of thiazole rings is 1. The standard InChI is InChI=1S/C11H17N3O4S/c1-6(10-14-8(5-19-10)11(16)17)13-9(15)3-7(4-12)18-2/h5-7H,3-4,12H2,1-2H3,(H,13,15)(H,16,17). The minimum absolute atomic E-state index is 0.0159. The molecule has 0 bridgehead atoms. The van der Waals surface area contributed by atoms with E-state index in [0.717, 1.165) is 0 Å². The molecule has 4 N–H and O–H groups in total. The molecule has 1 aromatic rings. The molecule has 2 unspecified atom stereocenters. The van der Waals surface area contributed by atoms with Gasteiger partial charge in [0.25, 0.3) is 0 Å². The average molecular weight is 287 g/mol. The Hall–Kier alpha value is -1.51. The highest BCUT2D eigenvalue weighted by molar-refractivity contribution is 7.09. The predicted molar refractivity (Wildman–Crippen MR) is 70.1 cm³/mol. The second-order valence-electron chi connectivity index (χ2n) is 3.96. The van der Waals surface area contributed by atoms with Crippen LogP contribution in [0.3, 0.4) is 0 Å². The van der Waals surface area contributed by atoms with Crippen molar-refractivity contribution in [1.82, 2.24) is 10.3 Å². The van der Waals surface area contributed by atoms with Crippen molar-refractivity contribution in [3.63, 3.8) is 0 Å². The lowest BCUT2D eigenvalue weighted by Crippen LogP contribution is -2.33.